The van der Waals surface area contributed by atoms with Crippen LogP contribution in [0.15, 0.2) is 11.6 Å². The Morgan fingerprint density at radius 2 is 2.03 bits per heavy atom. The van der Waals surface area contributed by atoms with Crippen LogP contribution in [0.25, 0.3) is 0 Å². The number of hydrogen-bond acceptors (Lipinski definition) is 4. The number of aliphatic hydroxyl groups is 1. The van der Waals surface area contributed by atoms with Crippen molar-refractivity contribution in [1.29, 1.82) is 0 Å². The van der Waals surface area contributed by atoms with Crippen molar-refractivity contribution >= 4 is 11.8 Å². The molecule has 5 saturated carbocycles. The Balaban J connectivity index is 1.38. The van der Waals surface area contributed by atoms with E-state index in [0.717, 1.165) is 25.7 Å². The Hall–Kier alpha value is -1.60. The molecule has 4 heteroatoms. The second-order valence-corrected chi connectivity index (χ2v) is 11.4. The fourth-order valence-electron chi connectivity index (χ4n) is 8.93. The second-order valence-electron chi connectivity index (χ2n) is 11.4. The highest BCUT2D eigenvalue weighted by Gasteiger charge is 2.78. The fourth-order valence-corrected chi connectivity index (χ4v) is 8.93. The molecule has 6 rings (SSSR count). The molecule has 6 aliphatic carbocycles. The third-order valence-corrected chi connectivity index (χ3v) is 10.3. The summed E-state index contributed by atoms with van der Waals surface area (Å²) in [5.41, 5.74) is 0.274. The highest BCUT2D eigenvalue weighted by Crippen LogP contribution is 2.80. The van der Waals surface area contributed by atoms with Gasteiger partial charge in [0.25, 0.3) is 0 Å². The number of ether oxygens (including phenoxy) is 1. The molecule has 30 heavy (non-hydrogen) atoms. The lowest BCUT2D eigenvalue weighted by Crippen LogP contribution is -2.57. The van der Waals surface area contributed by atoms with Gasteiger partial charge in [0.1, 0.15) is 5.60 Å². The molecule has 1 N–H and O–H groups in total. The zero-order chi connectivity index (χ0) is 21.1. The Morgan fingerprint density at radius 1 is 1.23 bits per heavy atom. The third kappa shape index (κ3) is 2.18. The van der Waals surface area contributed by atoms with E-state index >= 15 is 0 Å². The predicted octanol–water partition coefficient (Wildman–Crippen LogP) is 3.53. The number of ketones is 1. The van der Waals surface area contributed by atoms with E-state index in [2.05, 4.69) is 25.7 Å². The van der Waals surface area contributed by atoms with Gasteiger partial charge in [0, 0.05) is 23.7 Å². The quantitative estimate of drug-likeness (QED) is 0.410. The molecule has 5 fully saturated rings. The van der Waals surface area contributed by atoms with Gasteiger partial charge in [0.05, 0.1) is 6.61 Å². The molecule has 0 aromatic rings. The molecule has 0 bridgehead atoms. The highest BCUT2D eigenvalue weighted by atomic mass is 16.5. The van der Waals surface area contributed by atoms with Crippen molar-refractivity contribution in [3.8, 4) is 11.8 Å². The van der Waals surface area contributed by atoms with E-state index in [1.54, 1.807) is 6.92 Å². The van der Waals surface area contributed by atoms with Gasteiger partial charge in [-0.3, -0.25) is 4.79 Å². The summed E-state index contributed by atoms with van der Waals surface area (Å²) in [5, 5.41) is 11.9. The molecule has 6 aliphatic rings. The lowest BCUT2D eigenvalue weighted by atomic mass is 9.45. The van der Waals surface area contributed by atoms with Crippen molar-refractivity contribution in [2.75, 3.05) is 6.61 Å². The summed E-state index contributed by atoms with van der Waals surface area (Å²) < 4.78 is 5.00. The Bertz CT molecular complexity index is 938. The molecule has 160 valence electrons. The first-order valence-electron chi connectivity index (χ1n) is 11.9. The maximum atomic E-state index is 12.2. The van der Waals surface area contributed by atoms with Gasteiger partial charge < -0.3 is 9.84 Å². The van der Waals surface area contributed by atoms with E-state index in [1.165, 1.54) is 12.0 Å². The van der Waals surface area contributed by atoms with Gasteiger partial charge in [-0.2, -0.15) is 0 Å². The van der Waals surface area contributed by atoms with Crippen molar-refractivity contribution in [2.45, 2.75) is 64.9 Å². The van der Waals surface area contributed by atoms with Crippen molar-refractivity contribution in [2.24, 2.45) is 52.3 Å². The minimum atomic E-state index is -1.08. The standard InChI is InChI=1S/C26H32O4/c1-4-30-21(28)7-10-26(29)20-13-17(20)23-22-16-12-15(16)19-11-14(27)5-8-24(19,2)18(22)6-9-25(23,26)3/h11,15-18,20,22-23,29H,4-6,8-9,12-13H2,1-3H3/t15-,16+,17-,18?,20+,22?,23?,24-,25+,26+/m1/s1. The van der Waals surface area contributed by atoms with Crippen LogP contribution < -0.4 is 0 Å². The molecular weight excluding hydrogens is 376 g/mol. The lowest BCUT2D eigenvalue weighted by molar-refractivity contribution is -0.136. The minimum absolute atomic E-state index is 0.152. The molecule has 0 aromatic heterocycles. The van der Waals surface area contributed by atoms with E-state index in [9.17, 15) is 14.7 Å². The van der Waals surface area contributed by atoms with E-state index in [1.807, 2.05) is 6.08 Å². The van der Waals surface area contributed by atoms with Gasteiger partial charge in [-0.25, -0.2) is 4.79 Å². The number of rotatable bonds is 1. The van der Waals surface area contributed by atoms with Crippen molar-refractivity contribution in [3.05, 3.63) is 11.6 Å². The molecule has 10 atom stereocenters. The first-order chi connectivity index (χ1) is 14.2. The van der Waals surface area contributed by atoms with Crippen LogP contribution in [0.5, 0.6) is 0 Å². The smallest absolute Gasteiger partial charge is 0.384 e. The maximum absolute atomic E-state index is 12.2. The van der Waals surface area contributed by atoms with Crippen LogP contribution in [0.4, 0.5) is 0 Å². The average molecular weight is 409 g/mol. The van der Waals surface area contributed by atoms with Crippen LogP contribution in [0.2, 0.25) is 0 Å². The number of hydrogen-bond donors (Lipinski definition) is 1. The lowest BCUT2D eigenvalue weighted by Gasteiger charge is -2.59. The SMILES string of the molecule is CCOC(=O)C#C[C@]1(O)[C@H]2C[C@H]2C2C3C(CC[C@@]21C)[C@@]1(C)CCC(=O)C=C1[C@@H]1C[C@H]31. The summed E-state index contributed by atoms with van der Waals surface area (Å²) in [6.45, 7) is 6.75. The number of esters is 1. The summed E-state index contributed by atoms with van der Waals surface area (Å²) in [6.07, 6.45) is 7.98. The molecule has 4 nitrogen and oxygen atoms in total. The van der Waals surface area contributed by atoms with Gasteiger partial charge in [-0.05, 0) is 86.0 Å². The van der Waals surface area contributed by atoms with E-state index < -0.39 is 11.6 Å². The summed E-state index contributed by atoms with van der Waals surface area (Å²) in [4.78, 5) is 24.1. The van der Waals surface area contributed by atoms with Crippen molar-refractivity contribution in [1.82, 2.24) is 0 Å². The molecule has 0 heterocycles. The van der Waals surface area contributed by atoms with E-state index in [-0.39, 0.29) is 16.7 Å². The minimum Gasteiger partial charge on any atom is -0.456 e. The summed E-state index contributed by atoms with van der Waals surface area (Å²) in [7, 11) is 0. The number of carbonyl (C=O) groups is 2. The van der Waals surface area contributed by atoms with Gasteiger partial charge in [-0.1, -0.05) is 25.3 Å². The molecule has 3 unspecified atom stereocenters. The number of fused-ring (bicyclic) bond motifs is 10. The maximum Gasteiger partial charge on any atom is 0.384 e. The van der Waals surface area contributed by atoms with Crippen molar-refractivity contribution in [3.63, 3.8) is 0 Å². The predicted molar refractivity (Wildman–Crippen MR) is 111 cm³/mol. The van der Waals surface area contributed by atoms with E-state index in [0.29, 0.717) is 54.3 Å². The Morgan fingerprint density at radius 3 is 2.80 bits per heavy atom. The third-order valence-electron chi connectivity index (χ3n) is 10.3. The van der Waals surface area contributed by atoms with E-state index in [4.69, 9.17) is 4.74 Å². The van der Waals surface area contributed by atoms with Crippen molar-refractivity contribution < 1.29 is 19.4 Å². The molecular formula is C26H32O4. The average Bonchev–Trinajstić information content (AvgIpc) is 3.60. The van der Waals surface area contributed by atoms with Crippen LogP contribution in [0, 0.1) is 64.1 Å². The number of allylic oxidation sites excluding steroid dienone is 1. The van der Waals surface area contributed by atoms with Gasteiger partial charge in [0.15, 0.2) is 5.78 Å². The topological polar surface area (TPSA) is 63.6 Å². The Kier molecular flexibility index (Phi) is 3.69. The molecule has 0 aliphatic heterocycles. The van der Waals surface area contributed by atoms with Gasteiger partial charge in [0.2, 0.25) is 0 Å². The first kappa shape index (κ1) is 19.1. The normalized spacial score (nSPS) is 54.2. The summed E-state index contributed by atoms with van der Waals surface area (Å²) in [5.74, 6) is 9.16. The molecule has 0 aromatic carbocycles. The summed E-state index contributed by atoms with van der Waals surface area (Å²) >= 11 is 0. The van der Waals surface area contributed by atoms with Crippen LogP contribution in [0.1, 0.15) is 59.3 Å². The molecule has 0 spiro atoms. The fraction of sp³-hybridized carbons (Fsp3) is 0.769. The monoisotopic (exact) mass is 408 g/mol. The molecule has 0 amide bonds. The second kappa shape index (κ2) is 5.80. The Labute approximate surface area is 178 Å². The van der Waals surface area contributed by atoms with Crippen LogP contribution in [-0.4, -0.2) is 29.1 Å². The molecule has 0 saturated heterocycles. The van der Waals surface area contributed by atoms with Crippen LogP contribution in [0.3, 0.4) is 0 Å². The zero-order valence-electron chi connectivity index (χ0n) is 18.2. The van der Waals surface area contributed by atoms with Gasteiger partial charge >= 0.3 is 5.97 Å². The number of carbonyl (C=O) groups excluding carboxylic acids is 2. The largest absolute Gasteiger partial charge is 0.456 e. The molecule has 0 radical (unpaired) electrons. The summed E-state index contributed by atoms with van der Waals surface area (Å²) in [6, 6.07) is 0. The highest BCUT2D eigenvalue weighted by molar-refractivity contribution is 5.92. The van der Waals surface area contributed by atoms with Gasteiger partial charge in [-0.15, -0.1) is 0 Å². The zero-order valence-corrected chi connectivity index (χ0v) is 18.2. The van der Waals surface area contributed by atoms with Crippen LogP contribution >= 0.6 is 0 Å². The first-order valence-corrected chi connectivity index (χ1v) is 11.9. The van der Waals surface area contributed by atoms with Crippen LogP contribution in [-0.2, 0) is 14.3 Å².